The molecule has 136 valence electrons. The van der Waals surface area contributed by atoms with Crippen LogP contribution in [0.25, 0.3) is 11.3 Å². The highest BCUT2D eigenvalue weighted by Crippen LogP contribution is 2.21. The normalized spacial score (nSPS) is 10.8. The quantitative estimate of drug-likeness (QED) is 0.631. The molecule has 0 aliphatic heterocycles. The molecule has 0 atom stereocenters. The summed E-state index contributed by atoms with van der Waals surface area (Å²) < 4.78 is 28.7. The lowest BCUT2D eigenvalue weighted by Gasteiger charge is -2.05. The maximum absolute atomic E-state index is 12.9. The number of ether oxygens (including phenoxy) is 2. The molecule has 25 heavy (non-hydrogen) atoms. The summed E-state index contributed by atoms with van der Waals surface area (Å²) >= 11 is 0. The van der Waals surface area contributed by atoms with E-state index >= 15 is 0 Å². The number of nitrogens with zero attached hydrogens (tertiary/aromatic N) is 1. The summed E-state index contributed by atoms with van der Waals surface area (Å²) in [5, 5.41) is 2.83. The van der Waals surface area contributed by atoms with Gasteiger partial charge in [-0.15, -0.1) is 0 Å². The minimum atomic E-state index is -0.302. The van der Waals surface area contributed by atoms with Crippen molar-refractivity contribution in [3.63, 3.8) is 0 Å². The number of rotatable bonds is 11. The molecule has 1 heterocycles. The van der Waals surface area contributed by atoms with Crippen LogP contribution < -0.4 is 5.32 Å². The zero-order valence-corrected chi connectivity index (χ0v) is 14.3. The second-order valence-electron chi connectivity index (χ2n) is 5.43. The fourth-order valence-electron chi connectivity index (χ4n) is 2.13. The standard InChI is InChI=1S/C18H23FN2O4/c1-23-11-12-24-10-2-9-20-17(22)7-8-18-21-13-16(25-18)14-3-5-15(19)6-4-14/h3-6,13H,2,7-12H2,1H3,(H,20,22). The molecule has 0 aliphatic rings. The Hall–Kier alpha value is -2.25. The van der Waals surface area contributed by atoms with Crippen molar-refractivity contribution < 1.29 is 23.1 Å². The molecule has 0 bridgehead atoms. The molecule has 1 N–H and O–H groups in total. The number of carbonyl (C=O) groups is 1. The molecular weight excluding hydrogens is 327 g/mol. The first kappa shape index (κ1) is 19.1. The minimum Gasteiger partial charge on any atom is -0.441 e. The SMILES string of the molecule is COCCOCCCNC(=O)CCc1ncc(-c2ccc(F)cc2)o1. The van der Waals surface area contributed by atoms with Gasteiger partial charge in [-0.05, 0) is 30.7 Å². The van der Waals surface area contributed by atoms with E-state index in [0.29, 0.717) is 50.9 Å². The third-order valence-corrected chi connectivity index (χ3v) is 3.47. The summed E-state index contributed by atoms with van der Waals surface area (Å²) in [6.07, 6.45) is 3.05. The molecule has 0 saturated heterocycles. The second-order valence-corrected chi connectivity index (χ2v) is 5.43. The topological polar surface area (TPSA) is 73.6 Å². The summed E-state index contributed by atoms with van der Waals surface area (Å²) in [6.45, 7) is 2.29. The van der Waals surface area contributed by atoms with Crippen LogP contribution in [0, 0.1) is 5.82 Å². The van der Waals surface area contributed by atoms with Gasteiger partial charge < -0.3 is 19.2 Å². The summed E-state index contributed by atoms with van der Waals surface area (Å²) in [7, 11) is 1.63. The molecular formula is C18H23FN2O4. The minimum absolute atomic E-state index is 0.0570. The number of aryl methyl sites for hydroxylation is 1. The smallest absolute Gasteiger partial charge is 0.220 e. The fourth-order valence-corrected chi connectivity index (χ4v) is 2.13. The van der Waals surface area contributed by atoms with E-state index < -0.39 is 0 Å². The lowest BCUT2D eigenvalue weighted by Crippen LogP contribution is -2.25. The van der Waals surface area contributed by atoms with E-state index in [4.69, 9.17) is 13.9 Å². The lowest BCUT2D eigenvalue weighted by atomic mass is 10.2. The van der Waals surface area contributed by atoms with Crippen molar-refractivity contribution in [3.8, 4) is 11.3 Å². The van der Waals surface area contributed by atoms with Crippen molar-refractivity contribution in [2.75, 3.05) is 33.5 Å². The van der Waals surface area contributed by atoms with Crippen LogP contribution in [-0.2, 0) is 20.7 Å². The van der Waals surface area contributed by atoms with E-state index in [1.807, 2.05) is 0 Å². The molecule has 0 unspecified atom stereocenters. The predicted octanol–water partition coefficient (Wildman–Crippen LogP) is 2.58. The van der Waals surface area contributed by atoms with Gasteiger partial charge in [0.05, 0.1) is 19.4 Å². The molecule has 0 saturated carbocycles. The summed E-state index contributed by atoms with van der Waals surface area (Å²) in [6, 6.07) is 5.98. The molecule has 2 aromatic rings. The zero-order chi connectivity index (χ0) is 17.9. The molecule has 6 nitrogen and oxygen atoms in total. The number of halogens is 1. The van der Waals surface area contributed by atoms with Crippen molar-refractivity contribution in [1.82, 2.24) is 10.3 Å². The average Bonchev–Trinajstić information content (AvgIpc) is 3.09. The Morgan fingerprint density at radius 3 is 2.80 bits per heavy atom. The maximum Gasteiger partial charge on any atom is 0.220 e. The average molecular weight is 350 g/mol. The molecule has 0 aliphatic carbocycles. The Morgan fingerprint density at radius 1 is 1.24 bits per heavy atom. The maximum atomic E-state index is 12.9. The highest BCUT2D eigenvalue weighted by molar-refractivity contribution is 5.75. The highest BCUT2D eigenvalue weighted by atomic mass is 19.1. The van der Waals surface area contributed by atoms with Crippen LogP contribution in [0.1, 0.15) is 18.7 Å². The number of carbonyl (C=O) groups excluding carboxylic acids is 1. The van der Waals surface area contributed by atoms with Crippen LogP contribution in [0.2, 0.25) is 0 Å². The molecule has 1 aromatic carbocycles. The van der Waals surface area contributed by atoms with Crippen LogP contribution in [0.5, 0.6) is 0 Å². The van der Waals surface area contributed by atoms with Crippen LogP contribution in [-0.4, -0.2) is 44.4 Å². The molecule has 1 amide bonds. The van der Waals surface area contributed by atoms with Gasteiger partial charge in [0, 0.05) is 38.7 Å². The van der Waals surface area contributed by atoms with E-state index in [2.05, 4.69) is 10.3 Å². The van der Waals surface area contributed by atoms with Gasteiger partial charge >= 0.3 is 0 Å². The number of amides is 1. The molecule has 7 heteroatoms. The van der Waals surface area contributed by atoms with Crippen LogP contribution in [0.15, 0.2) is 34.9 Å². The Morgan fingerprint density at radius 2 is 2.04 bits per heavy atom. The number of methoxy groups -OCH3 is 1. The molecule has 1 aromatic heterocycles. The van der Waals surface area contributed by atoms with Crippen LogP contribution in [0.3, 0.4) is 0 Å². The number of nitrogens with one attached hydrogen (secondary N) is 1. The van der Waals surface area contributed by atoms with E-state index in [0.717, 1.165) is 12.0 Å². The van der Waals surface area contributed by atoms with Gasteiger partial charge in [0.25, 0.3) is 0 Å². The van der Waals surface area contributed by atoms with Crippen molar-refractivity contribution in [2.45, 2.75) is 19.3 Å². The van der Waals surface area contributed by atoms with Gasteiger partial charge in [-0.25, -0.2) is 9.37 Å². The van der Waals surface area contributed by atoms with E-state index in [1.54, 1.807) is 25.4 Å². The lowest BCUT2D eigenvalue weighted by molar-refractivity contribution is -0.121. The summed E-state index contributed by atoms with van der Waals surface area (Å²) in [5.41, 5.74) is 0.748. The van der Waals surface area contributed by atoms with Gasteiger partial charge in [-0.3, -0.25) is 4.79 Å². The van der Waals surface area contributed by atoms with Gasteiger partial charge in [-0.1, -0.05) is 0 Å². The number of hydrogen-bond acceptors (Lipinski definition) is 5. The Bertz CT molecular complexity index is 643. The molecule has 0 radical (unpaired) electrons. The van der Waals surface area contributed by atoms with Crippen molar-refractivity contribution in [3.05, 3.63) is 42.2 Å². The summed E-state index contributed by atoms with van der Waals surface area (Å²) in [4.78, 5) is 15.9. The first-order valence-electron chi connectivity index (χ1n) is 8.23. The van der Waals surface area contributed by atoms with Gasteiger partial charge in [-0.2, -0.15) is 0 Å². The number of oxazole rings is 1. The molecule has 0 spiro atoms. The van der Waals surface area contributed by atoms with Crippen molar-refractivity contribution in [1.29, 1.82) is 0 Å². The van der Waals surface area contributed by atoms with E-state index in [1.165, 1.54) is 12.1 Å². The Labute approximate surface area is 146 Å². The molecule has 2 rings (SSSR count). The van der Waals surface area contributed by atoms with Gasteiger partial charge in [0.1, 0.15) is 5.82 Å². The largest absolute Gasteiger partial charge is 0.441 e. The predicted molar refractivity (Wildman–Crippen MR) is 90.5 cm³/mol. The second kappa shape index (κ2) is 10.6. The van der Waals surface area contributed by atoms with E-state index in [-0.39, 0.29) is 11.7 Å². The highest BCUT2D eigenvalue weighted by Gasteiger charge is 2.09. The Kier molecular flexibility index (Phi) is 8.08. The Balaban J connectivity index is 1.64. The number of aromatic nitrogens is 1. The number of hydrogen-bond donors (Lipinski definition) is 1. The van der Waals surface area contributed by atoms with Gasteiger partial charge in [0.2, 0.25) is 5.91 Å². The van der Waals surface area contributed by atoms with Gasteiger partial charge in [0.15, 0.2) is 11.7 Å². The summed E-state index contributed by atoms with van der Waals surface area (Å²) in [5.74, 6) is 0.684. The van der Waals surface area contributed by atoms with Crippen molar-refractivity contribution in [2.24, 2.45) is 0 Å². The van der Waals surface area contributed by atoms with Crippen LogP contribution >= 0.6 is 0 Å². The third-order valence-electron chi connectivity index (χ3n) is 3.47. The fraction of sp³-hybridized carbons (Fsp3) is 0.444. The van der Waals surface area contributed by atoms with Crippen LogP contribution in [0.4, 0.5) is 4.39 Å². The first-order chi connectivity index (χ1) is 12.2. The molecule has 0 fully saturated rings. The van der Waals surface area contributed by atoms with E-state index in [9.17, 15) is 9.18 Å². The first-order valence-corrected chi connectivity index (χ1v) is 8.23. The zero-order valence-electron chi connectivity index (χ0n) is 14.3. The third kappa shape index (κ3) is 7.03. The monoisotopic (exact) mass is 350 g/mol. The van der Waals surface area contributed by atoms with Crippen molar-refractivity contribution >= 4 is 5.91 Å². The number of benzene rings is 1.